The molecule has 0 amide bonds. The van der Waals surface area contributed by atoms with E-state index in [2.05, 4.69) is 43.4 Å². The van der Waals surface area contributed by atoms with Gasteiger partial charge in [0, 0.05) is 39.5 Å². The second kappa shape index (κ2) is 11.8. The summed E-state index contributed by atoms with van der Waals surface area (Å²) in [7, 11) is 1.92. The molecule has 1 aliphatic heterocycles. The number of nitrogens with zero attached hydrogens (tertiary/aromatic N) is 3. The Balaban J connectivity index is 1.46. The van der Waals surface area contributed by atoms with Crippen molar-refractivity contribution < 1.29 is 4.74 Å². The van der Waals surface area contributed by atoms with Gasteiger partial charge in [0.1, 0.15) is 5.69 Å². The summed E-state index contributed by atoms with van der Waals surface area (Å²) in [6.07, 6.45) is 6.32. The van der Waals surface area contributed by atoms with Gasteiger partial charge in [-0.05, 0) is 85.1 Å². The Bertz CT molecular complexity index is 1210. The SMILES string of the molecule is CCC(C)C1CCC1c1ncc(-c2ccc(SC3CCOC3)cc2)nc1[N+](=O)c1ccc(CNC)cc1. The maximum atomic E-state index is 13.7. The lowest BCUT2D eigenvalue weighted by atomic mass is 9.65. The first kappa shape index (κ1) is 26.0. The summed E-state index contributed by atoms with van der Waals surface area (Å²) in [5.41, 5.74) is 4.25. The maximum absolute atomic E-state index is 13.7. The Morgan fingerprint density at radius 3 is 2.51 bits per heavy atom. The van der Waals surface area contributed by atoms with Gasteiger partial charge in [-0.1, -0.05) is 37.3 Å². The Morgan fingerprint density at radius 2 is 1.89 bits per heavy atom. The summed E-state index contributed by atoms with van der Waals surface area (Å²) in [4.78, 5) is 24.8. The molecule has 37 heavy (non-hydrogen) atoms. The van der Waals surface area contributed by atoms with E-state index in [0.29, 0.717) is 28.6 Å². The van der Waals surface area contributed by atoms with Crippen LogP contribution < -0.4 is 10.1 Å². The largest absolute Gasteiger partial charge is 0.389 e. The van der Waals surface area contributed by atoms with Gasteiger partial charge in [0.25, 0.3) is 0 Å². The zero-order valence-electron chi connectivity index (χ0n) is 22.0. The van der Waals surface area contributed by atoms with Crippen LogP contribution in [0.4, 0.5) is 11.5 Å². The van der Waals surface area contributed by atoms with Crippen molar-refractivity contribution in [1.82, 2.24) is 20.0 Å². The lowest BCUT2D eigenvalue weighted by Crippen LogP contribution is -2.31. The second-order valence-corrected chi connectivity index (χ2v) is 11.7. The number of hydrogen-bond donors (Lipinski definition) is 1. The highest BCUT2D eigenvalue weighted by Crippen LogP contribution is 2.49. The average molecular weight is 518 g/mol. The van der Waals surface area contributed by atoms with Crippen molar-refractivity contribution in [3.63, 3.8) is 0 Å². The zero-order chi connectivity index (χ0) is 25.8. The predicted octanol–water partition coefficient (Wildman–Crippen LogP) is 6.88. The standard InChI is InChI=1S/C30H37N4O2S/c1-4-20(2)26-13-14-27(26)29-30(34(35)23-9-5-21(6-10-23)17-31-3)33-28(18-32-29)22-7-11-24(12-8-22)37-25-15-16-36-19-25/h5-12,18,20,25-27,31H,4,13-17,19H2,1-3H3/q+1. The molecule has 194 valence electrons. The van der Waals surface area contributed by atoms with Gasteiger partial charge < -0.3 is 10.1 Å². The van der Waals surface area contributed by atoms with E-state index < -0.39 is 0 Å². The van der Waals surface area contributed by atoms with Crippen LogP contribution in [0.3, 0.4) is 0 Å². The molecule has 2 aliphatic rings. The fourth-order valence-corrected chi connectivity index (χ4v) is 6.42. The molecule has 1 saturated heterocycles. The highest BCUT2D eigenvalue weighted by Gasteiger charge is 2.41. The van der Waals surface area contributed by atoms with Crippen LogP contribution in [0.15, 0.2) is 59.6 Å². The molecule has 1 aliphatic carbocycles. The minimum absolute atomic E-state index is 0.277. The molecule has 0 radical (unpaired) electrons. The van der Waals surface area contributed by atoms with Crippen LogP contribution in [0.5, 0.6) is 0 Å². The topological polar surface area (TPSA) is 67.1 Å². The number of thioether (sulfide) groups is 1. The van der Waals surface area contributed by atoms with Crippen LogP contribution in [0.2, 0.25) is 0 Å². The van der Waals surface area contributed by atoms with Crippen LogP contribution in [-0.4, -0.2) is 35.5 Å². The van der Waals surface area contributed by atoms with Gasteiger partial charge in [0.2, 0.25) is 5.69 Å². The van der Waals surface area contributed by atoms with Crippen LogP contribution in [0.1, 0.15) is 56.7 Å². The summed E-state index contributed by atoms with van der Waals surface area (Å²) in [6, 6.07) is 16.2. The lowest BCUT2D eigenvalue weighted by molar-refractivity contribution is 0.168. The molecule has 7 heteroatoms. The molecule has 6 nitrogen and oxygen atoms in total. The third kappa shape index (κ3) is 5.79. The van der Waals surface area contributed by atoms with Crippen molar-refractivity contribution in [3.05, 3.63) is 70.9 Å². The highest BCUT2D eigenvalue weighted by atomic mass is 32.2. The van der Waals surface area contributed by atoms with E-state index >= 15 is 0 Å². The predicted molar refractivity (Wildman–Crippen MR) is 151 cm³/mol. The van der Waals surface area contributed by atoms with Gasteiger partial charge in [-0.2, -0.15) is 0 Å². The molecular formula is C30H37N4O2S+. The van der Waals surface area contributed by atoms with Crippen molar-refractivity contribution in [3.8, 4) is 11.3 Å². The molecule has 0 bridgehead atoms. The van der Waals surface area contributed by atoms with Crippen molar-refractivity contribution in [1.29, 1.82) is 0 Å². The van der Waals surface area contributed by atoms with Gasteiger partial charge >= 0.3 is 5.82 Å². The highest BCUT2D eigenvalue weighted by molar-refractivity contribution is 8.00. The number of rotatable bonds is 10. The number of hydrogen-bond acceptors (Lipinski definition) is 6. The number of benzene rings is 2. The number of nitroso groups, excluding NO2 is 1. The quantitative estimate of drug-likeness (QED) is 0.296. The van der Waals surface area contributed by atoms with Crippen molar-refractivity contribution in [2.45, 2.75) is 62.1 Å². The zero-order valence-corrected chi connectivity index (χ0v) is 22.8. The molecule has 2 aromatic carbocycles. The van der Waals surface area contributed by atoms with Gasteiger partial charge in [-0.3, -0.25) is 0 Å². The Labute approximate surface area is 224 Å². The van der Waals surface area contributed by atoms with Crippen molar-refractivity contribution in [2.24, 2.45) is 11.8 Å². The molecule has 2 fully saturated rings. The van der Waals surface area contributed by atoms with Gasteiger partial charge in [0.15, 0.2) is 5.69 Å². The van der Waals surface area contributed by atoms with Crippen LogP contribution >= 0.6 is 11.8 Å². The number of ether oxygens (including phenoxy) is 1. The summed E-state index contributed by atoms with van der Waals surface area (Å²) >= 11 is 1.86. The first-order chi connectivity index (χ1) is 18.1. The summed E-state index contributed by atoms with van der Waals surface area (Å²) in [5, 5.41) is 3.67. The lowest BCUT2D eigenvalue weighted by Gasteiger charge is -2.39. The van der Waals surface area contributed by atoms with Crippen molar-refractivity contribution in [2.75, 3.05) is 20.3 Å². The number of aromatic nitrogens is 2. The van der Waals surface area contributed by atoms with Gasteiger partial charge in [0.05, 0.1) is 12.8 Å². The van der Waals surface area contributed by atoms with Crippen LogP contribution in [0, 0.1) is 16.7 Å². The molecule has 2 heterocycles. The summed E-state index contributed by atoms with van der Waals surface area (Å²) in [5.74, 6) is 1.85. The third-order valence-corrected chi connectivity index (χ3v) is 9.17. The van der Waals surface area contributed by atoms with E-state index in [-0.39, 0.29) is 5.92 Å². The van der Waals surface area contributed by atoms with Crippen molar-refractivity contribution >= 4 is 23.3 Å². The van der Waals surface area contributed by atoms with Crippen LogP contribution in [-0.2, 0) is 11.3 Å². The Kier molecular flexibility index (Phi) is 8.33. The van der Waals surface area contributed by atoms with Crippen LogP contribution in [0.25, 0.3) is 11.3 Å². The molecule has 4 atom stereocenters. The minimum atomic E-state index is 0.277. The summed E-state index contributed by atoms with van der Waals surface area (Å²) < 4.78 is 6.49. The normalized spacial score (nSPS) is 22.0. The summed E-state index contributed by atoms with van der Waals surface area (Å²) in [6.45, 7) is 6.98. The molecule has 5 rings (SSSR count). The molecule has 0 spiro atoms. The Hall–Kier alpha value is -2.61. The molecule has 4 unspecified atom stereocenters. The second-order valence-electron chi connectivity index (χ2n) is 10.3. The van der Waals surface area contributed by atoms with Gasteiger partial charge in [-0.15, -0.1) is 11.8 Å². The Morgan fingerprint density at radius 1 is 1.11 bits per heavy atom. The van der Waals surface area contributed by atoms with Gasteiger partial charge in [-0.25, -0.2) is 4.98 Å². The van der Waals surface area contributed by atoms with E-state index in [9.17, 15) is 4.91 Å². The molecule has 1 N–H and O–H groups in total. The van der Waals surface area contributed by atoms with E-state index in [1.807, 2.05) is 49.3 Å². The first-order valence-electron chi connectivity index (χ1n) is 13.5. The third-order valence-electron chi connectivity index (χ3n) is 7.92. The van der Waals surface area contributed by atoms with E-state index in [1.165, 1.54) is 11.3 Å². The molecule has 3 aromatic rings. The van der Waals surface area contributed by atoms with E-state index in [4.69, 9.17) is 14.7 Å². The molecule has 1 aromatic heterocycles. The van der Waals surface area contributed by atoms with E-state index in [1.54, 1.807) is 0 Å². The fraction of sp³-hybridized carbons (Fsp3) is 0.467. The first-order valence-corrected chi connectivity index (χ1v) is 14.4. The van der Waals surface area contributed by atoms with E-state index in [0.717, 1.165) is 66.3 Å². The fourth-order valence-electron chi connectivity index (χ4n) is 5.37. The smallest absolute Gasteiger partial charge is 0.380 e. The monoisotopic (exact) mass is 517 g/mol. The molecule has 1 saturated carbocycles. The maximum Gasteiger partial charge on any atom is 0.389 e. The minimum Gasteiger partial charge on any atom is -0.380 e. The molecular weight excluding hydrogens is 480 g/mol. The number of nitrogens with one attached hydrogen (secondary N) is 1. The average Bonchev–Trinajstić information content (AvgIpc) is 3.42.